The third kappa shape index (κ3) is 3.48. The topological polar surface area (TPSA) is 57.1 Å². The lowest BCUT2D eigenvalue weighted by molar-refractivity contribution is -0.129. The highest BCUT2D eigenvalue weighted by Crippen LogP contribution is 2.31. The molecule has 7 heteroatoms. The molecule has 3 rings (SSSR count). The van der Waals surface area contributed by atoms with E-state index in [2.05, 4.69) is 4.99 Å². The molecule has 0 N–H and O–H groups in total. The van der Waals surface area contributed by atoms with Crippen molar-refractivity contribution < 1.29 is 19.0 Å². The van der Waals surface area contributed by atoms with Crippen LogP contribution in [-0.4, -0.2) is 26.1 Å². The molecule has 1 heterocycles. The van der Waals surface area contributed by atoms with Crippen LogP contribution in [0.2, 0.25) is 10.0 Å². The van der Waals surface area contributed by atoms with Crippen molar-refractivity contribution in [1.82, 2.24) is 0 Å². The first kappa shape index (κ1) is 17.3. The highest BCUT2D eigenvalue weighted by Gasteiger charge is 2.26. The van der Waals surface area contributed by atoms with Crippen molar-refractivity contribution in [3.63, 3.8) is 0 Å². The van der Waals surface area contributed by atoms with Gasteiger partial charge in [0.15, 0.2) is 5.70 Å². The SMILES string of the molecule is COc1ccc(C=C2N=C(c3cccc(Cl)c3Cl)OC2=O)c(OC)c1. The second kappa shape index (κ2) is 7.17. The van der Waals surface area contributed by atoms with E-state index in [4.69, 9.17) is 37.4 Å². The number of methoxy groups -OCH3 is 2. The Balaban J connectivity index is 2.00. The molecule has 2 aromatic rings. The van der Waals surface area contributed by atoms with E-state index >= 15 is 0 Å². The number of hydrogen-bond donors (Lipinski definition) is 0. The third-order valence-corrected chi connectivity index (χ3v) is 4.35. The number of nitrogens with zero attached hydrogens (tertiary/aromatic N) is 1. The molecule has 128 valence electrons. The lowest BCUT2D eigenvalue weighted by Gasteiger charge is -2.07. The first-order chi connectivity index (χ1) is 12.0. The van der Waals surface area contributed by atoms with E-state index in [-0.39, 0.29) is 16.6 Å². The van der Waals surface area contributed by atoms with Gasteiger partial charge >= 0.3 is 5.97 Å². The smallest absolute Gasteiger partial charge is 0.363 e. The van der Waals surface area contributed by atoms with Crippen LogP contribution in [0, 0.1) is 0 Å². The van der Waals surface area contributed by atoms with E-state index in [1.165, 1.54) is 7.11 Å². The molecule has 0 spiro atoms. The minimum Gasteiger partial charge on any atom is -0.497 e. The van der Waals surface area contributed by atoms with Gasteiger partial charge in [-0.1, -0.05) is 29.3 Å². The summed E-state index contributed by atoms with van der Waals surface area (Å²) < 4.78 is 15.7. The number of rotatable bonds is 4. The monoisotopic (exact) mass is 377 g/mol. The van der Waals surface area contributed by atoms with Crippen molar-refractivity contribution in [2.24, 2.45) is 4.99 Å². The largest absolute Gasteiger partial charge is 0.497 e. The average Bonchev–Trinajstić information content (AvgIpc) is 2.98. The maximum Gasteiger partial charge on any atom is 0.363 e. The molecule has 2 aromatic carbocycles. The fourth-order valence-electron chi connectivity index (χ4n) is 2.28. The van der Waals surface area contributed by atoms with Crippen LogP contribution in [0.25, 0.3) is 6.08 Å². The number of aliphatic imine (C=N–C) groups is 1. The van der Waals surface area contributed by atoms with Crippen LogP contribution in [0.4, 0.5) is 0 Å². The number of halogens is 2. The fraction of sp³-hybridized carbons (Fsp3) is 0.111. The second-order valence-electron chi connectivity index (χ2n) is 5.05. The van der Waals surface area contributed by atoms with Crippen LogP contribution in [0.3, 0.4) is 0 Å². The van der Waals surface area contributed by atoms with Gasteiger partial charge in [-0.25, -0.2) is 9.79 Å². The number of esters is 1. The molecule has 25 heavy (non-hydrogen) atoms. The van der Waals surface area contributed by atoms with Gasteiger partial charge in [-0.05, 0) is 30.3 Å². The standard InChI is InChI=1S/C18H13Cl2NO4/c1-23-11-7-6-10(15(9-11)24-2)8-14-18(22)25-17(21-14)12-4-3-5-13(19)16(12)20/h3-9H,1-2H3. The van der Waals surface area contributed by atoms with E-state index in [0.717, 1.165) is 0 Å². The Labute approximate surface area is 154 Å². The van der Waals surface area contributed by atoms with Crippen molar-refractivity contribution in [1.29, 1.82) is 0 Å². The van der Waals surface area contributed by atoms with Crippen LogP contribution in [0.15, 0.2) is 47.1 Å². The van der Waals surface area contributed by atoms with Gasteiger partial charge in [-0.2, -0.15) is 0 Å². The van der Waals surface area contributed by atoms with Gasteiger partial charge in [0.05, 0.1) is 29.8 Å². The molecule has 0 saturated heterocycles. The molecular formula is C18H13Cl2NO4. The van der Waals surface area contributed by atoms with Gasteiger partial charge in [-0.3, -0.25) is 0 Å². The van der Waals surface area contributed by atoms with Crippen LogP contribution < -0.4 is 9.47 Å². The first-order valence-corrected chi connectivity index (χ1v) is 7.98. The zero-order chi connectivity index (χ0) is 18.0. The van der Waals surface area contributed by atoms with Crippen molar-refractivity contribution in [2.75, 3.05) is 14.2 Å². The molecule has 0 saturated carbocycles. The Hall–Kier alpha value is -2.50. The molecular weight excluding hydrogens is 365 g/mol. The van der Waals surface area contributed by atoms with Gasteiger partial charge in [0.2, 0.25) is 5.90 Å². The summed E-state index contributed by atoms with van der Waals surface area (Å²) >= 11 is 12.1. The zero-order valence-electron chi connectivity index (χ0n) is 13.4. The predicted octanol–water partition coefficient (Wildman–Crippen LogP) is 4.36. The number of cyclic esters (lactones) is 1. The van der Waals surface area contributed by atoms with Gasteiger partial charge in [0, 0.05) is 11.6 Å². The van der Waals surface area contributed by atoms with Gasteiger partial charge in [0.25, 0.3) is 0 Å². The lowest BCUT2D eigenvalue weighted by atomic mass is 10.1. The van der Waals surface area contributed by atoms with Crippen molar-refractivity contribution in [3.05, 3.63) is 63.3 Å². The molecule has 0 amide bonds. The Bertz CT molecular complexity index is 906. The Morgan fingerprint density at radius 1 is 1.12 bits per heavy atom. The summed E-state index contributed by atoms with van der Waals surface area (Å²) in [5.41, 5.74) is 1.25. The van der Waals surface area contributed by atoms with E-state index in [0.29, 0.717) is 27.6 Å². The first-order valence-electron chi connectivity index (χ1n) is 7.22. The summed E-state index contributed by atoms with van der Waals surface area (Å²) in [5, 5.41) is 0.631. The number of carbonyl (C=O) groups excluding carboxylic acids is 1. The molecule has 0 bridgehead atoms. The Morgan fingerprint density at radius 2 is 1.92 bits per heavy atom. The third-order valence-electron chi connectivity index (χ3n) is 3.54. The average molecular weight is 378 g/mol. The molecule has 5 nitrogen and oxygen atoms in total. The summed E-state index contributed by atoms with van der Waals surface area (Å²) in [6.07, 6.45) is 1.58. The number of ether oxygens (including phenoxy) is 3. The summed E-state index contributed by atoms with van der Waals surface area (Å²) in [6, 6.07) is 10.3. The predicted molar refractivity (Wildman–Crippen MR) is 96.6 cm³/mol. The highest BCUT2D eigenvalue weighted by atomic mass is 35.5. The minimum atomic E-state index is -0.580. The maximum atomic E-state index is 12.1. The normalized spacial score (nSPS) is 15.1. The van der Waals surface area contributed by atoms with Gasteiger partial charge in [-0.15, -0.1) is 0 Å². The molecule has 0 fully saturated rings. The van der Waals surface area contributed by atoms with E-state index in [1.807, 2.05) is 0 Å². The molecule has 0 unspecified atom stereocenters. The van der Waals surface area contributed by atoms with E-state index in [1.54, 1.807) is 49.6 Å². The van der Waals surface area contributed by atoms with E-state index < -0.39 is 5.97 Å². The summed E-state index contributed by atoms with van der Waals surface area (Å²) in [4.78, 5) is 16.4. The highest BCUT2D eigenvalue weighted by molar-refractivity contribution is 6.44. The molecule has 0 aromatic heterocycles. The van der Waals surface area contributed by atoms with Crippen LogP contribution >= 0.6 is 23.2 Å². The zero-order valence-corrected chi connectivity index (χ0v) is 14.9. The van der Waals surface area contributed by atoms with Gasteiger partial charge in [0.1, 0.15) is 11.5 Å². The molecule has 1 aliphatic heterocycles. The van der Waals surface area contributed by atoms with Crippen LogP contribution in [0.1, 0.15) is 11.1 Å². The van der Waals surface area contributed by atoms with E-state index in [9.17, 15) is 4.79 Å². The van der Waals surface area contributed by atoms with Crippen LogP contribution in [-0.2, 0) is 9.53 Å². The Morgan fingerprint density at radius 3 is 2.64 bits per heavy atom. The summed E-state index contributed by atoms with van der Waals surface area (Å²) in [7, 11) is 3.09. The Kier molecular flexibility index (Phi) is 4.97. The quantitative estimate of drug-likeness (QED) is 0.586. The number of hydrogen-bond acceptors (Lipinski definition) is 5. The molecule has 0 radical (unpaired) electrons. The minimum absolute atomic E-state index is 0.108. The van der Waals surface area contributed by atoms with Crippen molar-refractivity contribution in [3.8, 4) is 11.5 Å². The number of benzene rings is 2. The number of carbonyl (C=O) groups is 1. The molecule has 1 aliphatic rings. The van der Waals surface area contributed by atoms with Crippen LogP contribution in [0.5, 0.6) is 11.5 Å². The summed E-state index contributed by atoms with van der Waals surface area (Å²) in [5.74, 6) is 0.715. The molecule has 0 atom stereocenters. The van der Waals surface area contributed by atoms with Gasteiger partial charge < -0.3 is 14.2 Å². The fourth-order valence-corrected chi connectivity index (χ4v) is 2.66. The summed E-state index contributed by atoms with van der Waals surface area (Å²) in [6.45, 7) is 0. The maximum absolute atomic E-state index is 12.1. The van der Waals surface area contributed by atoms with Crippen molar-refractivity contribution >= 4 is 41.1 Å². The lowest BCUT2D eigenvalue weighted by Crippen LogP contribution is -2.06. The second-order valence-corrected chi connectivity index (χ2v) is 5.83. The van der Waals surface area contributed by atoms with Crippen molar-refractivity contribution in [2.45, 2.75) is 0 Å². The molecule has 0 aliphatic carbocycles.